The zero-order chi connectivity index (χ0) is 27.9. The fraction of sp³-hybridized carbons (Fsp3) is 0.360. The van der Waals surface area contributed by atoms with Crippen LogP contribution in [-0.4, -0.2) is 49.6 Å². The molecule has 1 fully saturated rings. The van der Waals surface area contributed by atoms with Crippen molar-refractivity contribution in [3.63, 3.8) is 0 Å². The molecular formula is C25H24F6N8. The van der Waals surface area contributed by atoms with Crippen molar-refractivity contribution in [2.45, 2.75) is 44.2 Å². The molecule has 0 saturated carbocycles. The highest BCUT2D eigenvalue weighted by atomic mass is 19.3. The Balaban J connectivity index is 1.62. The van der Waals surface area contributed by atoms with Crippen LogP contribution in [0.1, 0.15) is 36.8 Å². The summed E-state index contributed by atoms with van der Waals surface area (Å²) in [6.07, 6.45) is -1.07. The normalized spacial score (nSPS) is 18.0. The van der Waals surface area contributed by atoms with Gasteiger partial charge in [0, 0.05) is 36.2 Å². The lowest BCUT2D eigenvalue weighted by Gasteiger charge is -2.42. The number of imidazole rings is 1. The first-order chi connectivity index (χ1) is 18.5. The van der Waals surface area contributed by atoms with Gasteiger partial charge in [-0.05, 0) is 36.6 Å². The number of benzene rings is 1. The van der Waals surface area contributed by atoms with Gasteiger partial charge in [-0.2, -0.15) is 0 Å². The molecule has 1 aliphatic rings. The van der Waals surface area contributed by atoms with Crippen molar-refractivity contribution >= 4 is 22.7 Å². The number of pyridine rings is 1. The van der Waals surface area contributed by atoms with Gasteiger partial charge in [-0.15, -0.1) is 0 Å². The molecular weight excluding hydrogens is 526 g/mol. The lowest BCUT2D eigenvalue weighted by molar-refractivity contribution is 0.0983. The predicted molar refractivity (Wildman–Crippen MR) is 132 cm³/mol. The molecule has 0 radical (unpaired) electrons. The maximum atomic E-state index is 14.1. The molecule has 0 unspecified atom stereocenters. The number of anilines is 2. The third-order valence-electron chi connectivity index (χ3n) is 6.85. The standard InChI is InChI=1S/C25H24F6N8/c26-16-5-14(15(22(30)31)6-17(16)27)18-4-13(9-39-12-37-21-23(32)35-11-36-24(21)39)19(8-34-18)38-3-1-2-25(33,10-38)7-20(28)29/h4-6,8,11-12,20,22H,1-3,7,9-10,33H2,(H2,32,35,36)/t25-/m0/s1. The van der Waals surface area contributed by atoms with Gasteiger partial charge >= 0.3 is 0 Å². The molecule has 4 heterocycles. The lowest BCUT2D eigenvalue weighted by Crippen LogP contribution is -2.55. The van der Waals surface area contributed by atoms with E-state index in [1.54, 1.807) is 4.57 Å². The van der Waals surface area contributed by atoms with E-state index >= 15 is 0 Å². The third kappa shape index (κ3) is 5.33. The van der Waals surface area contributed by atoms with Gasteiger partial charge in [0.05, 0.1) is 30.5 Å². The van der Waals surface area contributed by atoms with Gasteiger partial charge in [-0.1, -0.05) is 0 Å². The summed E-state index contributed by atoms with van der Waals surface area (Å²) >= 11 is 0. The number of nitrogens with two attached hydrogens (primary N) is 2. The van der Waals surface area contributed by atoms with E-state index in [1.807, 2.05) is 4.90 Å². The number of aromatic nitrogens is 5. The summed E-state index contributed by atoms with van der Waals surface area (Å²) in [5.74, 6) is -2.54. The van der Waals surface area contributed by atoms with Gasteiger partial charge < -0.3 is 20.9 Å². The van der Waals surface area contributed by atoms with Crippen LogP contribution in [0.5, 0.6) is 0 Å². The average molecular weight is 551 g/mol. The topological polar surface area (TPSA) is 112 Å². The number of halogens is 6. The summed E-state index contributed by atoms with van der Waals surface area (Å²) < 4.78 is 83.6. The minimum Gasteiger partial charge on any atom is -0.382 e. The second kappa shape index (κ2) is 10.3. The molecule has 14 heteroatoms. The van der Waals surface area contributed by atoms with Crippen LogP contribution in [0.15, 0.2) is 37.1 Å². The number of piperidine rings is 1. The second-order valence-electron chi connectivity index (χ2n) is 9.64. The van der Waals surface area contributed by atoms with Crippen LogP contribution in [0.3, 0.4) is 0 Å². The maximum Gasteiger partial charge on any atom is 0.264 e. The summed E-state index contributed by atoms with van der Waals surface area (Å²) in [5, 5.41) is 0. The second-order valence-corrected chi connectivity index (χ2v) is 9.64. The molecule has 206 valence electrons. The molecule has 1 aliphatic heterocycles. The fourth-order valence-electron chi connectivity index (χ4n) is 5.05. The summed E-state index contributed by atoms with van der Waals surface area (Å²) in [6.45, 7) is 0.691. The minimum atomic E-state index is -3.09. The number of hydrogen-bond donors (Lipinski definition) is 2. The van der Waals surface area contributed by atoms with Crippen LogP contribution < -0.4 is 16.4 Å². The molecule has 8 nitrogen and oxygen atoms in total. The Hall–Kier alpha value is -3.94. The van der Waals surface area contributed by atoms with E-state index in [2.05, 4.69) is 19.9 Å². The smallest absolute Gasteiger partial charge is 0.264 e. The van der Waals surface area contributed by atoms with E-state index in [0.717, 1.165) is 0 Å². The van der Waals surface area contributed by atoms with Crippen LogP contribution in [0, 0.1) is 11.6 Å². The Bertz CT molecular complexity index is 1510. The summed E-state index contributed by atoms with van der Waals surface area (Å²) in [6, 6.07) is 2.60. The van der Waals surface area contributed by atoms with Gasteiger partial charge in [0.15, 0.2) is 23.1 Å². The van der Waals surface area contributed by atoms with Crippen molar-refractivity contribution in [3.8, 4) is 11.3 Å². The molecule has 1 aromatic carbocycles. The van der Waals surface area contributed by atoms with E-state index in [0.29, 0.717) is 53.9 Å². The van der Waals surface area contributed by atoms with Crippen molar-refractivity contribution in [3.05, 3.63) is 59.8 Å². The van der Waals surface area contributed by atoms with Crippen molar-refractivity contribution in [1.29, 1.82) is 0 Å². The Labute approximate surface area is 218 Å². The van der Waals surface area contributed by atoms with Gasteiger partial charge in [0.2, 0.25) is 6.43 Å². The van der Waals surface area contributed by atoms with Crippen LogP contribution in [0.4, 0.5) is 37.8 Å². The summed E-state index contributed by atoms with van der Waals surface area (Å²) in [5.41, 5.74) is 11.8. The molecule has 0 amide bonds. The predicted octanol–water partition coefficient (Wildman–Crippen LogP) is 4.69. The first kappa shape index (κ1) is 26.7. The van der Waals surface area contributed by atoms with E-state index < -0.39 is 42.0 Å². The minimum absolute atomic E-state index is 0.0230. The molecule has 39 heavy (non-hydrogen) atoms. The van der Waals surface area contributed by atoms with Crippen molar-refractivity contribution in [2.24, 2.45) is 5.73 Å². The van der Waals surface area contributed by atoms with Crippen molar-refractivity contribution in [2.75, 3.05) is 23.7 Å². The van der Waals surface area contributed by atoms with Crippen LogP contribution in [0.25, 0.3) is 22.4 Å². The van der Waals surface area contributed by atoms with Gasteiger partial charge in [0.25, 0.3) is 6.43 Å². The number of fused-ring (bicyclic) bond motifs is 1. The third-order valence-corrected chi connectivity index (χ3v) is 6.85. The molecule has 4 aromatic rings. The number of nitrogens with zero attached hydrogens (tertiary/aromatic N) is 6. The Morgan fingerprint density at radius 1 is 1.00 bits per heavy atom. The largest absolute Gasteiger partial charge is 0.382 e. The lowest BCUT2D eigenvalue weighted by atomic mass is 9.86. The van der Waals surface area contributed by atoms with E-state index in [9.17, 15) is 26.3 Å². The van der Waals surface area contributed by atoms with E-state index in [-0.39, 0.29) is 30.2 Å². The van der Waals surface area contributed by atoms with Crippen LogP contribution in [0.2, 0.25) is 0 Å². The average Bonchev–Trinajstić information content (AvgIpc) is 3.28. The molecule has 0 bridgehead atoms. The molecule has 0 aliphatic carbocycles. The van der Waals surface area contributed by atoms with Crippen molar-refractivity contribution < 1.29 is 26.3 Å². The van der Waals surface area contributed by atoms with Crippen LogP contribution >= 0.6 is 0 Å². The first-order valence-corrected chi connectivity index (χ1v) is 12.0. The zero-order valence-electron chi connectivity index (χ0n) is 20.5. The highest BCUT2D eigenvalue weighted by molar-refractivity contribution is 5.81. The first-order valence-electron chi connectivity index (χ1n) is 12.0. The Kier molecular flexibility index (Phi) is 7.05. The SMILES string of the molecule is Nc1ncnc2c1ncn2Cc1cc(-c2cc(F)c(F)cc2C(F)F)ncc1N1CCC[C@](N)(CC(F)F)C1. The maximum absolute atomic E-state index is 14.1. The fourth-order valence-corrected chi connectivity index (χ4v) is 5.05. The number of nitrogen functional groups attached to an aromatic ring is 1. The monoisotopic (exact) mass is 550 g/mol. The molecule has 5 rings (SSSR count). The van der Waals surface area contributed by atoms with Gasteiger partial charge in [-0.3, -0.25) is 4.98 Å². The summed E-state index contributed by atoms with van der Waals surface area (Å²) in [4.78, 5) is 18.5. The molecule has 1 atom stereocenters. The Morgan fingerprint density at radius 3 is 2.51 bits per heavy atom. The van der Waals surface area contributed by atoms with Gasteiger partial charge in [0.1, 0.15) is 11.8 Å². The zero-order valence-corrected chi connectivity index (χ0v) is 20.5. The highest BCUT2D eigenvalue weighted by Gasteiger charge is 2.35. The molecule has 1 saturated heterocycles. The van der Waals surface area contributed by atoms with Crippen molar-refractivity contribution in [1.82, 2.24) is 24.5 Å². The van der Waals surface area contributed by atoms with E-state index in [4.69, 9.17) is 11.5 Å². The molecule has 4 N–H and O–H groups in total. The van der Waals surface area contributed by atoms with Gasteiger partial charge in [-0.25, -0.2) is 41.3 Å². The number of rotatable bonds is 7. The quantitative estimate of drug-likeness (QED) is 0.321. The number of hydrogen-bond acceptors (Lipinski definition) is 7. The van der Waals surface area contributed by atoms with E-state index in [1.165, 1.54) is 24.9 Å². The molecule has 3 aromatic heterocycles. The molecule has 0 spiro atoms. The summed E-state index contributed by atoms with van der Waals surface area (Å²) in [7, 11) is 0. The number of alkyl halides is 4. The highest BCUT2D eigenvalue weighted by Crippen LogP contribution is 2.36. The van der Waals surface area contributed by atoms with Crippen LogP contribution in [-0.2, 0) is 6.54 Å². The Morgan fingerprint density at radius 2 is 1.77 bits per heavy atom.